The number of anilines is 1. The Bertz CT molecular complexity index is 1380. The Hall–Kier alpha value is -3.53. The molecular weight excluding hydrogens is 478 g/mol. The number of carbonyl (C=O) groups is 1. The quantitative estimate of drug-likeness (QED) is 0.309. The third-order valence-electron chi connectivity index (χ3n) is 5.56. The number of fused-ring (bicyclic) bond motifs is 1. The number of hydrogen-bond acceptors (Lipinski definition) is 4. The number of alkyl halides is 3. The molecule has 1 N–H and O–H groups in total. The van der Waals surface area contributed by atoms with Gasteiger partial charge in [-0.3, -0.25) is 4.79 Å². The van der Waals surface area contributed by atoms with Crippen LogP contribution in [0.1, 0.15) is 22.3 Å². The molecule has 0 aliphatic heterocycles. The molecule has 4 rings (SSSR count). The number of rotatable bonds is 7. The van der Waals surface area contributed by atoms with E-state index in [1.807, 2.05) is 32.1 Å². The molecule has 0 radical (unpaired) electrons. The molecule has 0 spiro atoms. The zero-order chi connectivity index (χ0) is 25.2. The summed E-state index contributed by atoms with van der Waals surface area (Å²) in [4.78, 5) is 18.7. The van der Waals surface area contributed by atoms with Gasteiger partial charge in [-0.2, -0.15) is 22.8 Å². The third kappa shape index (κ3) is 5.43. The summed E-state index contributed by atoms with van der Waals surface area (Å²) < 4.78 is 40.6. The van der Waals surface area contributed by atoms with E-state index >= 15 is 0 Å². The summed E-state index contributed by atoms with van der Waals surface area (Å²) in [6.45, 7) is 0.853. The van der Waals surface area contributed by atoms with Crippen molar-refractivity contribution in [2.24, 2.45) is 0 Å². The molecule has 0 atom stereocenters. The minimum atomic E-state index is -4.50. The van der Waals surface area contributed by atoms with Gasteiger partial charge in [0.1, 0.15) is 13.7 Å². The van der Waals surface area contributed by atoms with E-state index in [2.05, 4.69) is 10.4 Å². The van der Waals surface area contributed by atoms with Crippen molar-refractivity contribution in [1.82, 2.24) is 19.5 Å². The van der Waals surface area contributed by atoms with Crippen molar-refractivity contribution in [2.75, 3.05) is 25.5 Å². The van der Waals surface area contributed by atoms with E-state index in [0.29, 0.717) is 41.7 Å². The van der Waals surface area contributed by atoms with E-state index in [4.69, 9.17) is 16.6 Å². The molecule has 0 aliphatic carbocycles. The van der Waals surface area contributed by atoms with Gasteiger partial charge >= 0.3 is 6.18 Å². The highest BCUT2D eigenvalue weighted by Gasteiger charge is 2.31. The average Bonchev–Trinajstić information content (AvgIpc) is 3.21. The maximum Gasteiger partial charge on any atom is 0.416 e. The summed E-state index contributed by atoms with van der Waals surface area (Å²) in [5.41, 5.74) is 2.26. The van der Waals surface area contributed by atoms with Crippen molar-refractivity contribution >= 4 is 42.3 Å². The monoisotopic (exact) mass is 499 g/mol. The van der Waals surface area contributed by atoms with E-state index in [9.17, 15) is 18.0 Å². The van der Waals surface area contributed by atoms with Crippen molar-refractivity contribution < 1.29 is 18.0 Å². The van der Waals surface area contributed by atoms with Crippen LogP contribution in [0.4, 0.5) is 19.0 Å². The van der Waals surface area contributed by atoms with Crippen LogP contribution in [0.25, 0.3) is 16.9 Å². The van der Waals surface area contributed by atoms with Crippen LogP contribution in [0.15, 0.2) is 60.8 Å². The molecule has 0 aliphatic rings. The average molecular weight is 500 g/mol. The maximum atomic E-state index is 13.0. The molecule has 2 aromatic carbocycles. The number of hydrogen-bond donors (Lipinski definition) is 1. The van der Waals surface area contributed by atoms with E-state index in [1.54, 1.807) is 23.8 Å². The van der Waals surface area contributed by atoms with Crippen LogP contribution >= 0.6 is 11.6 Å². The molecule has 0 unspecified atom stereocenters. The fourth-order valence-corrected chi connectivity index (χ4v) is 3.92. The SMILES string of the molecule is Bc1cnn2c(NCCCN(C)C(=O)c3cccc(C(F)(F)F)c3)cc(-c3ccccc3Cl)nc12. The Morgan fingerprint density at radius 1 is 1.17 bits per heavy atom. The van der Waals surface area contributed by atoms with Crippen LogP contribution < -0.4 is 10.8 Å². The molecule has 2 heterocycles. The summed E-state index contributed by atoms with van der Waals surface area (Å²) >= 11 is 6.37. The zero-order valence-corrected chi connectivity index (χ0v) is 19.9. The van der Waals surface area contributed by atoms with Crippen molar-refractivity contribution in [3.05, 3.63) is 76.9 Å². The van der Waals surface area contributed by atoms with Gasteiger partial charge in [0, 0.05) is 48.5 Å². The van der Waals surface area contributed by atoms with E-state index < -0.39 is 17.6 Å². The van der Waals surface area contributed by atoms with E-state index in [-0.39, 0.29) is 5.56 Å². The fourth-order valence-electron chi connectivity index (χ4n) is 3.69. The largest absolute Gasteiger partial charge is 0.416 e. The molecule has 6 nitrogen and oxygen atoms in total. The lowest BCUT2D eigenvalue weighted by Gasteiger charge is -2.18. The van der Waals surface area contributed by atoms with Gasteiger partial charge in [0.25, 0.3) is 5.91 Å². The highest BCUT2D eigenvalue weighted by Crippen LogP contribution is 2.30. The van der Waals surface area contributed by atoms with Crippen LogP contribution in [0.2, 0.25) is 5.02 Å². The van der Waals surface area contributed by atoms with Crippen LogP contribution in [0.5, 0.6) is 0 Å². The summed E-state index contributed by atoms with van der Waals surface area (Å²) in [5.74, 6) is 0.246. The Balaban J connectivity index is 1.44. The summed E-state index contributed by atoms with van der Waals surface area (Å²) in [7, 11) is 3.49. The van der Waals surface area contributed by atoms with Gasteiger partial charge in [0.15, 0.2) is 5.65 Å². The normalized spacial score (nSPS) is 11.6. The number of nitrogens with zero attached hydrogens (tertiary/aromatic N) is 4. The predicted molar refractivity (Wildman–Crippen MR) is 133 cm³/mol. The minimum absolute atomic E-state index is 0.00234. The lowest BCUT2D eigenvalue weighted by Crippen LogP contribution is -2.29. The third-order valence-corrected chi connectivity index (χ3v) is 5.89. The Morgan fingerprint density at radius 3 is 2.69 bits per heavy atom. The standard InChI is InChI=1S/C24H22BClF3N5O/c1-33(23(35)15-6-4-7-16(12-15)24(27,28)29)11-5-10-30-21-13-20(17-8-2-3-9-19(17)26)32-22-18(25)14-31-34(21)22/h2-4,6-9,12-14,30H,5,10-11,25H2,1H3. The van der Waals surface area contributed by atoms with Gasteiger partial charge < -0.3 is 10.2 Å². The summed E-state index contributed by atoms with van der Waals surface area (Å²) in [6, 6.07) is 13.7. The van der Waals surface area contributed by atoms with Gasteiger partial charge in [-0.1, -0.05) is 35.9 Å². The van der Waals surface area contributed by atoms with Crippen molar-refractivity contribution in [3.63, 3.8) is 0 Å². The van der Waals surface area contributed by atoms with Crippen LogP contribution in [-0.4, -0.2) is 53.4 Å². The molecule has 1 amide bonds. The topological polar surface area (TPSA) is 62.5 Å². The smallest absolute Gasteiger partial charge is 0.370 e. The van der Waals surface area contributed by atoms with Crippen LogP contribution in [0, 0.1) is 0 Å². The highest BCUT2D eigenvalue weighted by molar-refractivity contribution is 6.36. The molecule has 4 aromatic rings. The zero-order valence-electron chi connectivity index (χ0n) is 19.1. The van der Waals surface area contributed by atoms with Gasteiger partial charge in [-0.15, -0.1) is 0 Å². The molecule has 180 valence electrons. The predicted octanol–water partition coefficient (Wildman–Crippen LogP) is 3.90. The first-order chi connectivity index (χ1) is 16.6. The van der Waals surface area contributed by atoms with Crippen LogP contribution in [0.3, 0.4) is 0 Å². The number of amides is 1. The molecule has 35 heavy (non-hydrogen) atoms. The lowest BCUT2D eigenvalue weighted by atomic mass is 10.0. The van der Waals surface area contributed by atoms with Crippen molar-refractivity contribution in [3.8, 4) is 11.3 Å². The fraction of sp³-hybridized carbons (Fsp3) is 0.208. The van der Waals surface area contributed by atoms with Crippen molar-refractivity contribution in [1.29, 1.82) is 0 Å². The molecule has 0 saturated carbocycles. The number of benzene rings is 2. The second-order valence-electron chi connectivity index (χ2n) is 8.16. The van der Waals surface area contributed by atoms with Gasteiger partial charge in [0.2, 0.25) is 0 Å². The van der Waals surface area contributed by atoms with E-state index in [1.165, 1.54) is 17.0 Å². The van der Waals surface area contributed by atoms with E-state index in [0.717, 1.165) is 23.2 Å². The van der Waals surface area contributed by atoms with Gasteiger partial charge in [-0.25, -0.2) is 4.98 Å². The second kappa shape index (κ2) is 9.99. The lowest BCUT2D eigenvalue weighted by molar-refractivity contribution is -0.137. The first-order valence-electron chi connectivity index (χ1n) is 10.9. The van der Waals surface area contributed by atoms with Crippen LogP contribution in [-0.2, 0) is 6.18 Å². The Morgan fingerprint density at radius 2 is 1.94 bits per heavy atom. The first kappa shape index (κ1) is 24.6. The number of halogens is 4. The highest BCUT2D eigenvalue weighted by atomic mass is 35.5. The minimum Gasteiger partial charge on any atom is -0.370 e. The first-order valence-corrected chi connectivity index (χ1v) is 11.3. The molecule has 11 heteroatoms. The van der Waals surface area contributed by atoms with Gasteiger partial charge in [0.05, 0.1) is 11.3 Å². The Kier molecular flexibility index (Phi) is 7.02. The van der Waals surface area contributed by atoms with Crippen molar-refractivity contribution in [2.45, 2.75) is 12.6 Å². The Labute approximate surface area is 206 Å². The van der Waals surface area contributed by atoms with Gasteiger partial charge in [-0.05, 0) is 36.1 Å². The number of nitrogens with one attached hydrogen (secondary N) is 1. The summed E-state index contributed by atoms with van der Waals surface area (Å²) in [6.07, 6.45) is -2.21. The summed E-state index contributed by atoms with van der Waals surface area (Å²) in [5, 5.41) is 8.30. The second-order valence-corrected chi connectivity index (χ2v) is 8.56. The molecule has 0 fully saturated rings. The molecule has 2 aromatic heterocycles. The molecule has 0 saturated heterocycles. The molecular formula is C24H22BClF3N5O. The molecule has 0 bridgehead atoms. The number of aromatic nitrogens is 3. The number of carbonyl (C=O) groups excluding carboxylic acids is 1. The maximum absolute atomic E-state index is 13.0.